The molecular weight excluding hydrogens is 271 g/mol. The molecule has 0 spiro atoms. The Bertz CT molecular complexity index is 396. The van der Waals surface area contributed by atoms with Gasteiger partial charge in [-0.15, -0.1) is 0 Å². The molecule has 0 N–H and O–H groups in total. The second-order valence-electron chi connectivity index (χ2n) is 3.42. The van der Waals surface area contributed by atoms with Gasteiger partial charge in [0.15, 0.2) is 0 Å². The van der Waals surface area contributed by atoms with E-state index in [1.54, 1.807) is 6.07 Å². The Morgan fingerprint density at radius 2 is 2.06 bits per heavy atom. The molecule has 16 heavy (non-hydrogen) atoms. The Balaban J connectivity index is 3.09. The lowest BCUT2D eigenvalue weighted by molar-refractivity contribution is 0.262. The normalized spacial score (nSPS) is 12.5. The lowest BCUT2D eigenvalue weighted by Gasteiger charge is -2.25. The van der Waals surface area contributed by atoms with Crippen molar-refractivity contribution in [1.82, 2.24) is 4.90 Å². The van der Waals surface area contributed by atoms with Gasteiger partial charge in [0.25, 0.3) is 0 Å². The van der Waals surface area contributed by atoms with Crippen LogP contribution in [0, 0.1) is 17.1 Å². The first-order valence-corrected chi connectivity index (χ1v) is 6.01. The van der Waals surface area contributed by atoms with Gasteiger partial charge < -0.3 is 0 Å². The van der Waals surface area contributed by atoms with Crippen molar-refractivity contribution >= 4 is 15.9 Å². The summed E-state index contributed by atoms with van der Waals surface area (Å²) in [6.07, 6.45) is 0. The van der Waals surface area contributed by atoms with Gasteiger partial charge in [0.05, 0.1) is 6.07 Å². The molecule has 0 amide bonds. The third kappa shape index (κ3) is 2.81. The average molecular weight is 285 g/mol. The molecule has 0 saturated heterocycles. The highest BCUT2D eigenvalue weighted by molar-refractivity contribution is 9.10. The minimum atomic E-state index is -0.329. The van der Waals surface area contributed by atoms with Crippen molar-refractivity contribution in [2.45, 2.75) is 19.9 Å². The van der Waals surface area contributed by atoms with E-state index in [9.17, 15) is 9.65 Å². The van der Waals surface area contributed by atoms with Crippen LogP contribution >= 0.6 is 15.9 Å². The molecular formula is C12H14BrFN2. The van der Waals surface area contributed by atoms with Crippen molar-refractivity contribution in [1.29, 1.82) is 5.26 Å². The van der Waals surface area contributed by atoms with E-state index in [0.29, 0.717) is 4.47 Å². The second kappa shape index (κ2) is 5.97. The summed E-state index contributed by atoms with van der Waals surface area (Å²) < 4.78 is 13.6. The maximum Gasteiger partial charge on any atom is 0.124 e. The van der Waals surface area contributed by atoms with E-state index in [0.717, 1.165) is 18.7 Å². The summed E-state index contributed by atoms with van der Waals surface area (Å²) in [7, 11) is 0. The smallest absolute Gasteiger partial charge is 0.124 e. The van der Waals surface area contributed by atoms with E-state index in [2.05, 4.69) is 22.0 Å². The molecule has 0 aliphatic carbocycles. The fraction of sp³-hybridized carbons (Fsp3) is 0.417. The van der Waals surface area contributed by atoms with Gasteiger partial charge in [-0.2, -0.15) is 5.26 Å². The Morgan fingerprint density at radius 3 is 2.50 bits per heavy atom. The summed E-state index contributed by atoms with van der Waals surface area (Å²) in [5, 5.41) is 9.20. The van der Waals surface area contributed by atoms with Crippen LogP contribution in [0.2, 0.25) is 0 Å². The maximum absolute atomic E-state index is 13.0. The fourth-order valence-electron chi connectivity index (χ4n) is 1.66. The number of hydrogen-bond acceptors (Lipinski definition) is 2. The summed E-state index contributed by atoms with van der Waals surface area (Å²) in [5.41, 5.74) is 0.813. The molecule has 1 aromatic rings. The lowest BCUT2D eigenvalue weighted by Crippen LogP contribution is -2.27. The van der Waals surface area contributed by atoms with Crippen LogP contribution in [0.1, 0.15) is 25.5 Å². The summed E-state index contributed by atoms with van der Waals surface area (Å²) >= 11 is 3.30. The largest absolute Gasteiger partial charge is 0.285 e. The molecule has 2 nitrogen and oxygen atoms in total. The number of halogens is 2. The van der Waals surface area contributed by atoms with E-state index >= 15 is 0 Å². The Morgan fingerprint density at radius 1 is 1.44 bits per heavy atom. The van der Waals surface area contributed by atoms with Crippen LogP contribution < -0.4 is 0 Å². The SMILES string of the molecule is CCN(CC)C(C#N)c1ccc(F)cc1Br. The number of nitriles is 1. The maximum atomic E-state index is 13.0. The van der Waals surface area contributed by atoms with Gasteiger partial charge in [-0.3, -0.25) is 4.90 Å². The highest BCUT2D eigenvalue weighted by Crippen LogP contribution is 2.27. The molecule has 0 fully saturated rings. The quantitative estimate of drug-likeness (QED) is 0.846. The second-order valence-corrected chi connectivity index (χ2v) is 4.27. The van der Waals surface area contributed by atoms with Gasteiger partial charge in [0.1, 0.15) is 11.9 Å². The Labute approximate surface area is 104 Å². The number of rotatable bonds is 4. The molecule has 0 heterocycles. The minimum Gasteiger partial charge on any atom is -0.285 e. The van der Waals surface area contributed by atoms with Crippen molar-refractivity contribution in [2.24, 2.45) is 0 Å². The van der Waals surface area contributed by atoms with Crippen molar-refractivity contribution in [3.8, 4) is 6.07 Å². The van der Waals surface area contributed by atoms with Crippen LogP contribution in [0.5, 0.6) is 0 Å². The predicted octanol–water partition coefficient (Wildman–Crippen LogP) is 3.49. The lowest BCUT2D eigenvalue weighted by atomic mass is 10.1. The van der Waals surface area contributed by atoms with Gasteiger partial charge in [-0.1, -0.05) is 35.8 Å². The molecule has 1 unspecified atom stereocenters. The monoisotopic (exact) mass is 284 g/mol. The van der Waals surface area contributed by atoms with Gasteiger partial charge >= 0.3 is 0 Å². The van der Waals surface area contributed by atoms with Crippen molar-refractivity contribution in [3.63, 3.8) is 0 Å². The third-order valence-electron chi connectivity index (χ3n) is 2.56. The zero-order valence-electron chi connectivity index (χ0n) is 9.37. The van der Waals surface area contributed by atoms with Crippen LogP contribution in [0.3, 0.4) is 0 Å². The first-order valence-electron chi connectivity index (χ1n) is 5.22. The van der Waals surface area contributed by atoms with Gasteiger partial charge in [0.2, 0.25) is 0 Å². The summed E-state index contributed by atoms with van der Waals surface area (Å²) in [4.78, 5) is 2.03. The van der Waals surface area contributed by atoms with Crippen LogP contribution in [0.25, 0.3) is 0 Å². The molecule has 0 saturated carbocycles. The van der Waals surface area contributed by atoms with Gasteiger partial charge in [-0.05, 0) is 30.8 Å². The standard InChI is InChI=1S/C12H14BrFN2/c1-3-16(4-2)12(8-15)10-6-5-9(14)7-11(10)13/h5-7,12H,3-4H2,1-2H3. The molecule has 0 aliphatic rings. The number of nitrogens with zero attached hydrogens (tertiary/aromatic N) is 2. The van der Waals surface area contributed by atoms with E-state index in [-0.39, 0.29) is 11.9 Å². The van der Waals surface area contributed by atoms with E-state index in [1.807, 2.05) is 18.7 Å². The molecule has 1 rings (SSSR count). The highest BCUT2D eigenvalue weighted by Gasteiger charge is 2.19. The van der Waals surface area contributed by atoms with Crippen molar-refractivity contribution in [2.75, 3.05) is 13.1 Å². The predicted molar refractivity (Wildman–Crippen MR) is 65.4 cm³/mol. The van der Waals surface area contributed by atoms with Crippen molar-refractivity contribution in [3.05, 3.63) is 34.1 Å². The number of benzene rings is 1. The van der Waals surface area contributed by atoms with E-state index < -0.39 is 0 Å². The van der Waals surface area contributed by atoms with Crippen LogP contribution in [-0.2, 0) is 0 Å². The molecule has 0 aromatic heterocycles. The average Bonchev–Trinajstić information content (AvgIpc) is 2.27. The molecule has 1 atom stereocenters. The first-order chi connectivity index (χ1) is 7.63. The summed E-state index contributed by atoms with van der Waals surface area (Å²) in [5.74, 6) is -0.299. The number of hydrogen-bond donors (Lipinski definition) is 0. The van der Waals surface area contributed by atoms with Crippen LogP contribution in [0.4, 0.5) is 4.39 Å². The zero-order valence-corrected chi connectivity index (χ0v) is 11.0. The fourth-order valence-corrected chi connectivity index (χ4v) is 2.23. The van der Waals surface area contributed by atoms with Crippen LogP contribution in [-0.4, -0.2) is 18.0 Å². The Kier molecular flexibility index (Phi) is 4.91. The molecule has 1 aromatic carbocycles. The summed E-state index contributed by atoms with van der Waals surface area (Å²) in [6.45, 7) is 5.59. The zero-order chi connectivity index (χ0) is 12.1. The molecule has 4 heteroatoms. The van der Waals surface area contributed by atoms with Crippen molar-refractivity contribution < 1.29 is 4.39 Å². The van der Waals surface area contributed by atoms with Gasteiger partial charge in [0, 0.05) is 4.47 Å². The van der Waals surface area contributed by atoms with Gasteiger partial charge in [-0.25, -0.2) is 4.39 Å². The first kappa shape index (κ1) is 13.1. The highest BCUT2D eigenvalue weighted by atomic mass is 79.9. The molecule has 0 bridgehead atoms. The molecule has 0 radical (unpaired) electrons. The third-order valence-corrected chi connectivity index (χ3v) is 3.24. The van der Waals surface area contributed by atoms with Crippen LogP contribution in [0.15, 0.2) is 22.7 Å². The van der Waals surface area contributed by atoms with E-state index in [1.165, 1.54) is 12.1 Å². The topological polar surface area (TPSA) is 27.0 Å². The molecule has 86 valence electrons. The van der Waals surface area contributed by atoms with E-state index in [4.69, 9.17) is 0 Å². The summed E-state index contributed by atoms with van der Waals surface area (Å²) in [6, 6.07) is 6.36. The Hall–Kier alpha value is -0.920. The molecule has 0 aliphatic heterocycles. The minimum absolute atomic E-state index is 0.299.